The molecule has 11 nitrogen and oxygen atoms in total. The van der Waals surface area contributed by atoms with E-state index in [1.807, 2.05) is 0 Å². The van der Waals surface area contributed by atoms with Crippen LogP contribution < -0.4 is 20.7 Å². The molecule has 0 bridgehead atoms. The molecule has 0 amide bonds. The number of hydrogen-bond acceptors (Lipinski definition) is 9. The zero-order valence-corrected chi connectivity index (χ0v) is 20.2. The number of nitro groups is 1. The molecule has 4 rings (SSSR count). The highest BCUT2D eigenvalue weighted by Crippen LogP contribution is 2.33. The third-order valence-electron chi connectivity index (χ3n) is 5.41. The van der Waals surface area contributed by atoms with Crippen LogP contribution in [0.2, 0.25) is 0 Å². The Morgan fingerprint density at radius 1 is 1.00 bits per heavy atom. The lowest BCUT2D eigenvalue weighted by Gasteiger charge is -2.13. The summed E-state index contributed by atoms with van der Waals surface area (Å²) in [5.41, 5.74) is 0.386. The number of aromatic nitrogens is 4. The third kappa shape index (κ3) is 4.47. The SMILES string of the molecule is COc1ccc(-c2nc(SCc3cccc([N+](=O)[O-])c3)c3c(=O)n(C)c(=O)n(C)c3n2)cc1OC. The minimum atomic E-state index is -0.525. The van der Waals surface area contributed by atoms with E-state index in [0.29, 0.717) is 33.4 Å². The molecule has 0 aliphatic heterocycles. The van der Waals surface area contributed by atoms with Crippen molar-refractivity contribution in [2.24, 2.45) is 14.1 Å². The van der Waals surface area contributed by atoms with Crippen LogP contribution in [0.15, 0.2) is 57.1 Å². The van der Waals surface area contributed by atoms with Gasteiger partial charge in [-0.3, -0.25) is 24.0 Å². The Balaban J connectivity index is 1.89. The van der Waals surface area contributed by atoms with Gasteiger partial charge in [-0.05, 0) is 23.8 Å². The van der Waals surface area contributed by atoms with E-state index in [4.69, 9.17) is 9.47 Å². The van der Waals surface area contributed by atoms with Gasteiger partial charge in [0.15, 0.2) is 23.0 Å². The highest BCUT2D eigenvalue weighted by atomic mass is 32.2. The third-order valence-corrected chi connectivity index (χ3v) is 6.45. The van der Waals surface area contributed by atoms with Gasteiger partial charge in [0.05, 0.1) is 19.1 Å². The van der Waals surface area contributed by atoms with Crippen molar-refractivity contribution in [2.75, 3.05) is 14.2 Å². The molecular weight excluding hydrogens is 474 g/mol. The molecule has 4 aromatic rings. The van der Waals surface area contributed by atoms with Gasteiger partial charge in [-0.15, -0.1) is 11.8 Å². The fraction of sp³-hybridized carbons (Fsp3) is 0.217. The Morgan fingerprint density at radius 2 is 1.74 bits per heavy atom. The van der Waals surface area contributed by atoms with Crippen LogP contribution in [0.25, 0.3) is 22.4 Å². The lowest BCUT2D eigenvalue weighted by atomic mass is 10.2. The van der Waals surface area contributed by atoms with Gasteiger partial charge >= 0.3 is 5.69 Å². The van der Waals surface area contributed by atoms with Gasteiger partial charge in [-0.2, -0.15) is 0 Å². The van der Waals surface area contributed by atoms with Crippen molar-refractivity contribution < 1.29 is 14.4 Å². The van der Waals surface area contributed by atoms with Gasteiger partial charge in [0.25, 0.3) is 11.2 Å². The molecule has 12 heteroatoms. The van der Waals surface area contributed by atoms with E-state index in [2.05, 4.69) is 9.97 Å². The van der Waals surface area contributed by atoms with Crippen LogP contribution in [-0.2, 0) is 19.8 Å². The predicted octanol–water partition coefficient (Wildman–Crippen LogP) is 2.91. The van der Waals surface area contributed by atoms with Crippen molar-refractivity contribution in [1.82, 2.24) is 19.1 Å². The van der Waals surface area contributed by atoms with Crippen LogP contribution >= 0.6 is 11.8 Å². The second-order valence-electron chi connectivity index (χ2n) is 7.54. The summed E-state index contributed by atoms with van der Waals surface area (Å²) in [5.74, 6) is 1.59. The number of rotatable bonds is 7. The first-order chi connectivity index (χ1) is 16.7. The van der Waals surface area contributed by atoms with E-state index in [1.165, 1.54) is 56.8 Å². The van der Waals surface area contributed by atoms with Gasteiger partial charge in [0.2, 0.25) is 0 Å². The molecule has 2 aromatic carbocycles. The minimum Gasteiger partial charge on any atom is -0.493 e. The summed E-state index contributed by atoms with van der Waals surface area (Å²) in [4.78, 5) is 45.5. The fourth-order valence-corrected chi connectivity index (χ4v) is 4.51. The molecule has 0 saturated heterocycles. The number of fused-ring (bicyclic) bond motifs is 1. The number of ether oxygens (including phenoxy) is 2. The molecular formula is C23H21N5O6S. The average molecular weight is 496 g/mol. The largest absolute Gasteiger partial charge is 0.493 e. The smallest absolute Gasteiger partial charge is 0.332 e. The highest BCUT2D eigenvalue weighted by Gasteiger charge is 2.19. The molecule has 0 N–H and O–H groups in total. The second kappa shape index (κ2) is 9.58. The maximum atomic E-state index is 13.0. The molecule has 0 unspecified atom stereocenters. The summed E-state index contributed by atoms with van der Waals surface area (Å²) in [6, 6.07) is 11.4. The summed E-state index contributed by atoms with van der Waals surface area (Å²) in [6.07, 6.45) is 0. The van der Waals surface area contributed by atoms with Crippen molar-refractivity contribution in [2.45, 2.75) is 10.8 Å². The number of nitro benzene ring substituents is 1. The summed E-state index contributed by atoms with van der Waals surface area (Å²) < 4.78 is 13.0. The number of methoxy groups -OCH3 is 2. The summed E-state index contributed by atoms with van der Waals surface area (Å²) in [6.45, 7) is 0. The number of aryl methyl sites for hydroxylation is 1. The van der Waals surface area contributed by atoms with E-state index in [0.717, 1.165) is 4.57 Å². The number of hydrogen-bond donors (Lipinski definition) is 0. The Morgan fingerprint density at radius 3 is 2.43 bits per heavy atom. The van der Waals surface area contributed by atoms with E-state index in [-0.39, 0.29) is 22.5 Å². The van der Waals surface area contributed by atoms with E-state index < -0.39 is 16.2 Å². The number of nitrogens with zero attached hydrogens (tertiary/aromatic N) is 5. The molecule has 0 spiro atoms. The molecule has 180 valence electrons. The second-order valence-corrected chi connectivity index (χ2v) is 8.51. The normalized spacial score (nSPS) is 11.0. The lowest BCUT2D eigenvalue weighted by Crippen LogP contribution is -2.37. The zero-order chi connectivity index (χ0) is 25.3. The summed E-state index contributed by atoms with van der Waals surface area (Å²) in [5, 5.41) is 11.7. The van der Waals surface area contributed by atoms with Crippen LogP contribution in [0.5, 0.6) is 11.5 Å². The number of thioether (sulfide) groups is 1. The van der Waals surface area contributed by atoms with Crippen LogP contribution in [0.1, 0.15) is 5.56 Å². The molecule has 2 aromatic heterocycles. The Hall–Kier alpha value is -4.19. The lowest BCUT2D eigenvalue weighted by molar-refractivity contribution is -0.384. The molecule has 35 heavy (non-hydrogen) atoms. The molecule has 0 fully saturated rings. The Kier molecular flexibility index (Phi) is 6.56. The molecule has 0 radical (unpaired) electrons. The standard InChI is InChI=1S/C23H21N5O6S/c1-26-20-18(22(29)27(2)23(26)30)21(35-12-13-6-5-7-15(10-13)28(31)32)25-19(24-20)14-8-9-16(33-3)17(11-14)34-4/h5-11H,12H2,1-4H3. The average Bonchev–Trinajstić information content (AvgIpc) is 2.88. The quantitative estimate of drug-likeness (QED) is 0.164. The van der Waals surface area contributed by atoms with E-state index in [9.17, 15) is 19.7 Å². The maximum absolute atomic E-state index is 13.0. The van der Waals surface area contributed by atoms with Crippen LogP contribution in [0.4, 0.5) is 5.69 Å². The predicted molar refractivity (Wildman–Crippen MR) is 131 cm³/mol. The molecule has 2 heterocycles. The Bertz CT molecular complexity index is 1580. The first-order valence-corrected chi connectivity index (χ1v) is 11.3. The van der Waals surface area contributed by atoms with Gasteiger partial charge < -0.3 is 9.47 Å². The highest BCUT2D eigenvalue weighted by molar-refractivity contribution is 7.98. The maximum Gasteiger partial charge on any atom is 0.332 e. The van der Waals surface area contributed by atoms with Gasteiger partial charge in [-0.1, -0.05) is 12.1 Å². The zero-order valence-electron chi connectivity index (χ0n) is 19.3. The summed E-state index contributed by atoms with van der Waals surface area (Å²) >= 11 is 1.23. The van der Waals surface area contributed by atoms with Crippen molar-refractivity contribution in [3.8, 4) is 22.9 Å². The summed E-state index contributed by atoms with van der Waals surface area (Å²) in [7, 11) is 5.96. The minimum absolute atomic E-state index is 0.0278. The molecule has 0 aliphatic carbocycles. The molecule has 0 aliphatic rings. The van der Waals surface area contributed by atoms with Gasteiger partial charge in [0, 0.05) is 37.5 Å². The van der Waals surface area contributed by atoms with Crippen molar-refractivity contribution in [3.63, 3.8) is 0 Å². The van der Waals surface area contributed by atoms with Crippen molar-refractivity contribution in [3.05, 3.63) is 79.0 Å². The van der Waals surface area contributed by atoms with E-state index in [1.54, 1.807) is 30.3 Å². The monoisotopic (exact) mass is 495 g/mol. The Labute approximate surface area is 203 Å². The molecule has 0 atom stereocenters. The van der Waals surface area contributed by atoms with Crippen molar-refractivity contribution >= 4 is 28.5 Å². The van der Waals surface area contributed by atoms with E-state index >= 15 is 0 Å². The van der Waals surface area contributed by atoms with Gasteiger partial charge in [-0.25, -0.2) is 14.8 Å². The van der Waals surface area contributed by atoms with Crippen LogP contribution in [-0.4, -0.2) is 38.2 Å². The topological polar surface area (TPSA) is 131 Å². The first kappa shape index (κ1) is 24.0. The van der Waals surface area contributed by atoms with Crippen LogP contribution in [0.3, 0.4) is 0 Å². The van der Waals surface area contributed by atoms with Gasteiger partial charge in [0.1, 0.15) is 10.4 Å². The number of non-ortho nitro benzene ring substituents is 1. The fourth-order valence-electron chi connectivity index (χ4n) is 3.55. The number of benzene rings is 2. The van der Waals surface area contributed by atoms with Crippen LogP contribution in [0, 0.1) is 10.1 Å². The van der Waals surface area contributed by atoms with Crippen molar-refractivity contribution in [1.29, 1.82) is 0 Å². The molecule has 0 saturated carbocycles. The first-order valence-electron chi connectivity index (χ1n) is 10.3.